The van der Waals surface area contributed by atoms with Gasteiger partial charge in [0.2, 0.25) is 0 Å². The lowest BCUT2D eigenvalue weighted by molar-refractivity contribution is 1.18. The average molecular weight is 673 g/mol. The van der Waals surface area contributed by atoms with Gasteiger partial charge >= 0.3 is 0 Å². The number of para-hydroxylation sites is 2. The lowest BCUT2D eigenvalue weighted by Gasteiger charge is -2.27. The second kappa shape index (κ2) is 10.8. The standard InChI is InChI=1S/C46H28N2S2/c1-2-11-31(12-3-1)48-40-17-7-4-13-34(40)35-24-23-33(28-42(35)48)47(41-18-10-16-38-36-14-5-9-20-44(36)50-46(38)41)32-22-21-29-26-39-37-15-6-8-19-43(37)49-45(39)27-30(29)25-32/h1-28H. The van der Waals surface area contributed by atoms with Crippen molar-refractivity contribution >= 4 is 113 Å². The van der Waals surface area contributed by atoms with Gasteiger partial charge in [-0.1, -0.05) is 97.1 Å². The molecule has 2 nitrogen and oxygen atoms in total. The van der Waals surface area contributed by atoms with E-state index in [1.807, 2.05) is 22.7 Å². The fraction of sp³-hybridized carbons (Fsp3) is 0. The minimum Gasteiger partial charge on any atom is -0.309 e. The first kappa shape index (κ1) is 28.0. The van der Waals surface area contributed by atoms with Gasteiger partial charge in [0.1, 0.15) is 0 Å². The molecule has 3 aromatic heterocycles. The molecule has 4 heteroatoms. The topological polar surface area (TPSA) is 8.17 Å². The summed E-state index contributed by atoms with van der Waals surface area (Å²) in [6.45, 7) is 0. The van der Waals surface area contributed by atoms with Gasteiger partial charge in [-0.05, 0) is 83.6 Å². The molecule has 234 valence electrons. The van der Waals surface area contributed by atoms with Crippen LogP contribution in [0.1, 0.15) is 0 Å². The lowest BCUT2D eigenvalue weighted by atomic mass is 10.0. The third-order valence-corrected chi connectivity index (χ3v) is 12.5. The van der Waals surface area contributed by atoms with Gasteiger partial charge in [-0.15, -0.1) is 22.7 Å². The molecule has 11 aromatic rings. The highest BCUT2D eigenvalue weighted by Crippen LogP contribution is 2.47. The van der Waals surface area contributed by atoms with Crippen LogP contribution in [-0.4, -0.2) is 4.57 Å². The van der Waals surface area contributed by atoms with Crippen molar-refractivity contribution in [2.24, 2.45) is 0 Å². The van der Waals surface area contributed by atoms with Gasteiger partial charge in [0.05, 0.1) is 21.4 Å². The fourth-order valence-corrected chi connectivity index (χ4v) is 10.2. The Morgan fingerprint density at radius 1 is 0.380 bits per heavy atom. The summed E-state index contributed by atoms with van der Waals surface area (Å²) in [6.07, 6.45) is 0. The van der Waals surface area contributed by atoms with E-state index in [0.717, 1.165) is 17.1 Å². The summed E-state index contributed by atoms with van der Waals surface area (Å²) in [5, 5.41) is 10.3. The number of aromatic nitrogens is 1. The maximum absolute atomic E-state index is 2.47. The largest absolute Gasteiger partial charge is 0.309 e. The van der Waals surface area contributed by atoms with Crippen LogP contribution < -0.4 is 4.90 Å². The lowest BCUT2D eigenvalue weighted by Crippen LogP contribution is -2.10. The van der Waals surface area contributed by atoms with Crippen molar-refractivity contribution in [2.45, 2.75) is 0 Å². The quantitative estimate of drug-likeness (QED) is 0.181. The van der Waals surface area contributed by atoms with Gasteiger partial charge in [0, 0.05) is 63.5 Å². The van der Waals surface area contributed by atoms with E-state index in [0.29, 0.717) is 0 Å². The predicted molar refractivity (Wildman–Crippen MR) is 219 cm³/mol. The molecule has 0 aliphatic carbocycles. The maximum Gasteiger partial charge on any atom is 0.0640 e. The molecule has 0 aliphatic rings. The minimum absolute atomic E-state index is 1.13. The van der Waals surface area contributed by atoms with Crippen molar-refractivity contribution < 1.29 is 0 Å². The molecular formula is C46H28N2S2. The number of benzene rings is 8. The molecule has 0 fully saturated rings. The molecule has 0 radical (unpaired) electrons. The summed E-state index contributed by atoms with van der Waals surface area (Å²) in [7, 11) is 0. The van der Waals surface area contributed by atoms with Crippen LogP contribution >= 0.6 is 22.7 Å². The summed E-state index contributed by atoms with van der Waals surface area (Å²) in [5.41, 5.74) is 7.02. The highest BCUT2D eigenvalue weighted by atomic mass is 32.1. The second-order valence-electron chi connectivity index (χ2n) is 13.0. The molecule has 0 spiro atoms. The van der Waals surface area contributed by atoms with Crippen molar-refractivity contribution in [3.05, 3.63) is 170 Å². The Balaban J connectivity index is 1.20. The third-order valence-electron chi connectivity index (χ3n) is 10.1. The molecule has 50 heavy (non-hydrogen) atoms. The molecule has 0 N–H and O–H groups in total. The van der Waals surface area contributed by atoms with Crippen LogP contribution in [0.5, 0.6) is 0 Å². The minimum atomic E-state index is 1.13. The van der Waals surface area contributed by atoms with Crippen LogP contribution in [0.2, 0.25) is 0 Å². The Kier molecular flexibility index (Phi) is 6.03. The summed E-state index contributed by atoms with van der Waals surface area (Å²) in [6, 6.07) is 62.5. The zero-order valence-corrected chi connectivity index (χ0v) is 28.5. The SMILES string of the molecule is c1ccc(-n2c3ccccc3c3ccc(N(c4ccc5cc6c(cc5c4)sc4ccccc46)c4cccc5c4sc4ccccc45)cc32)cc1. The van der Waals surface area contributed by atoms with E-state index in [-0.39, 0.29) is 0 Å². The van der Waals surface area contributed by atoms with Crippen molar-refractivity contribution in [2.75, 3.05) is 4.90 Å². The fourth-order valence-electron chi connectivity index (χ4n) is 7.88. The zero-order chi connectivity index (χ0) is 32.8. The number of fused-ring (bicyclic) bond motifs is 10. The van der Waals surface area contributed by atoms with Crippen LogP contribution in [0.3, 0.4) is 0 Å². The normalized spacial score (nSPS) is 12.0. The second-order valence-corrected chi connectivity index (χ2v) is 15.1. The maximum atomic E-state index is 2.47. The Morgan fingerprint density at radius 3 is 1.90 bits per heavy atom. The molecule has 0 bridgehead atoms. The van der Waals surface area contributed by atoms with Crippen molar-refractivity contribution in [1.29, 1.82) is 0 Å². The highest BCUT2D eigenvalue weighted by Gasteiger charge is 2.21. The summed E-state index contributed by atoms with van der Waals surface area (Å²) in [5.74, 6) is 0. The molecule has 0 unspecified atom stereocenters. The van der Waals surface area contributed by atoms with Gasteiger partial charge in [-0.2, -0.15) is 0 Å². The van der Waals surface area contributed by atoms with Crippen molar-refractivity contribution in [3.63, 3.8) is 0 Å². The van der Waals surface area contributed by atoms with Crippen molar-refractivity contribution in [3.8, 4) is 5.69 Å². The first-order chi connectivity index (χ1) is 24.8. The monoisotopic (exact) mass is 672 g/mol. The molecule has 0 aliphatic heterocycles. The molecule has 0 atom stereocenters. The van der Waals surface area contributed by atoms with Crippen LogP contribution in [0.15, 0.2) is 170 Å². The Hall–Kier alpha value is -5.94. The Labute approximate surface area is 296 Å². The molecular weight excluding hydrogens is 645 g/mol. The van der Waals surface area contributed by atoms with E-state index < -0.39 is 0 Å². The van der Waals surface area contributed by atoms with Gasteiger partial charge in [0.15, 0.2) is 0 Å². The molecule has 11 rings (SSSR count). The Bertz CT molecular complexity index is 3110. The summed E-state index contributed by atoms with van der Waals surface area (Å²) < 4.78 is 7.66. The molecule has 0 amide bonds. The molecule has 3 heterocycles. The van der Waals surface area contributed by atoms with Crippen LogP contribution in [0, 0.1) is 0 Å². The van der Waals surface area contributed by atoms with E-state index in [2.05, 4.69) is 179 Å². The van der Waals surface area contributed by atoms with Gasteiger partial charge in [0.25, 0.3) is 0 Å². The van der Waals surface area contributed by atoms with Gasteiger partial charge in [-0.3, -0.25) is 0 Å². The van der Waals surface area contributed by atoms with Gasteiger partial charge < -0.3 is 9.47 Å². The van der Waals surface area contributed by atoms with E-state index in [1.54, 1.807) is 0 Å². The van der Waals surface area contributed by atoms with Gasteiger partial charge in [-0.25, -0.2) is 0 Å². The van der Waals surface area contributed by atoms with E-state index in [9.17, 15) is 0 Å². The van der Waals surface area contributed by atoms with E-state index >= 15 is 0 Å². The number of hydrogen-bond acceptors (Lipinski definition) is 3. The third kappa shape index (κ3) is 4.13. The van der Waals surface area contributed by atoms with Crippen LogP contribution in [0.4, 0.5) is 17.1 Å². The molecule has 0 saturated carbocycles. The number of anilines is 3. The number of thiophene rings is 2. The summed E-state index contributed by atoms with van der Waals surface area (Å²) in [4.78, 5) is 2.47. The molecule has 8 aromatic carbocycles. The van der Waals surface area contributed by atoms with E-state index in [1.165, 1.54) is 78.6 Å². The Morgan fingerprint density at radius 2 is 1.04 bits per heavy atom. The van der Waals surface area contributed by atoms with Crippen LogP contribution in [0.25, 0.3) is 78.6 Å². The highest BCUT2D eigenvalue weighted by molar-refractivity contribution is 7.26. The molecule has 0 saturated heterocycles. The van der Waals surface area contributed by atoms with E-state index in [4.69, 9.17) is 0 Å². The number of hydrogen-bond donors (Lipinski definition) is 0. The zero-order valence-electron chi connectivity index (χ0n) is 26.9. The first-order valence-electron chi connectivity index (χ1n) is 16.9. The average Bonchev–Trinajstić information content (AvgIpc) is 3.84. The first-order valence-corrected chi connectivity index (χ1v) is 18.6. The number of rotatable bonds is 4. The predicted octanol–water partition coefficient (Wildman–Crippen LogP) is 14.1. The van der Waals surface area contributed by atoms with Crippen LogP contribution in [-0.2, 0) is 0 Å². The smallest absolute Gasteiger partial charge is 0.0640 e. The summed E-state index contributed by atoms with van der Waals surface area (Å²) >= 11 is 3.75. The van der Waals surface area contributed by atoms with Crippen molar-refractivity contribution in [1.82, 2.24) is 4.57 Å². The number of nitrogens with zero attached hydrogens (tertiary/aromatic N) is 2.